The second-order valence-electron chi connectivity index (χ2n) is 1.78. The van der Waals surface area contributed by atoms with E-state index < -0.39 is 5.97 Å². The Labute approximate surface area is 84.7 Å². The van der Waals surface area contributed by atoms with Gasteiger partial charge in [-0.1, -0.05) is 23.2 Å². The average molecular weight is 228 g/mol. The quantitative estimate of drug-likeness (QED) is 0.751. The number of carbonyl (C=O) groups is 1. The molecular weight excluding hydrogens is 224 g/mol. The van der Waals surface area contributed by atoms with Crippen molar-refractivity contribution in [1.29, 1.82) is 0 Å². The van der Waals surface area contributed by atoms with Crippen LogP contribution < -0.4 is 0 Å². The Balaban J connectivity index is 0.00000121. The van der Waals surface area contributed by atoms with Gasteiger partial charge < -0.3 is 5.11 Å². The molecule has 12 heavy (non-hydrogen) atoms. The third kappa shape index (κ3) is 2.52. The van der Waals surface area contributed by atoms with Crippen LogP contribution in [-0.4, -0.2) is 16.1 Å². The Morgan fingerprint density at radius 2 is 2.00 bits per heavy atom. The Morgan fingerprint density at radius 1 is 1.42 bits per heavy atom. The number of pyridine rings is 1. The first kappa shape index (κ1) is 11.5. The Morgan fingerprint density at radius 3 is 2.42 bits per heavy atom. The van der Waals surface area contributed by atoms with E-state index in [-0.39, 0.29) is 28.3 Å². The minimum absolute atomic E-state index is 0. The lowest BCUT2D eigenvalue weighted by atomic mass is 10.3. The van der Waals surface area contributed by atoms with E-state index in [9.17, 15) is 4.79 Å². The maximum Gasteiger partial charge on any atom is 0.338 e. The molecule has 0 aliphatic rings. The molecule has 1 heterocycles. The van der Waals surface area contributed by atoms with Crippen molar-refractivity contribution < 1.29 is 9.90 Å². The van der Waals surface area contributed by atoms with Crippen molar-refractivity contribution in [3.05, 3.63) is 28.0 Å². The van der Waals surface area contributed by atoms with Crippen molar-refractivity contribution in [1.82, 2.24) is 4.98 Å². The summed E-state index contributed by atoms with van der Waals surface area (Å²) < 4.78 is 0. The molecule has 0 fully saturated rings. The first-order valence-electron chi connectivity index (χ1n) is 2.66. The number of nitrogens with zero attached hydrogens (tertiary/aromatic N) is 1. The monoisotopic (exact) mass is 227 g/mol. The fourth-order valence-corrected chi connectivity index (χ4v) is 0.997. The van der Waals surface area contributed by atoms with E-state index in [0.29, 0.717) is 0 Å². The molecule has 66 valence electrons. The van der Waals surface area contributed by atoms with E-state index in [0.717, 1.165) is 0 Å². The number of carboxylic acid groups (broad SMARTS) is 1. The summed E-state index contributed by atoms with van der Waals surface area (Å²) in [5, 5.41) is 8.58. The van der Waals surface area contributed by atoms with Crippen LogP contribution in [0.15, 0.2) is 12.1 Å². The topological polar surface area (TPSA) is 50.2 Å². The van der Waals surface area contributed by atoms with Crippen molar-refractivity contribution in [3.8, 4) is 0 Å². The molecule has 1 aromatic rings. The minimum Gasteiger partial charge on any atom is -0.478 e. The summed E-state index contributed by atoms with van der Waals surface area (Å²) >= 11 is 10.9. The van der Waals surface area contributed by atoms with Crippen LogP contribution in [0.4, 0.5) is 0 Å². The summed E-state index contributed by atoms with van der Waals surface area (Å²) in [6.07, 6.45) is 0. The fraction of sp³-hybridized carbons (Fsp3) is 0. The Kier molecular flexibility index (Phi) is 4.31. The van der Waals surface area contributed by atoms with Crippen LogP contribution in [0, 0.1) is 0 Å². The molecule has 0 saturated heterocycles. The molecule has 1 aromatic heterocycles. The highest BCUT2D eigenvalue weighted by atomic mass is 35.5. The van der Waals surface area contributed by atoms with Gasteiger partial charge in [-0.25, -0.2) is 9.78 Å². The van der Waals surface area contributed by atoms with Gasteiger partial charge in [-0.3, -0.25) is 0 Å². The zero-order chi connectivity index (χ0) is 8.43. The summed E-state index contributed by atoms with van der Waals surface area (Å²) in [5.41, 5.74) is -0.0453. The number of hydrogen-bond donors (Lipinski definition) is 1. The molecule has 0 radical (unpaired) electrons. The maximum atomic E-state index is 10.4. The van der Waals surface area contributed by atoms with E-state index in [1.807, 2.05) is 0 Å². The van der Waals surface area contributed by atoms with Gasteiger partial charge in [0.25, 0.3) is 0 Å². The zero-order valence-electron chi connectivity index (χ0n) is 5.62. The molecule has 0 saturated carbocycles. The van der Waals surface area contributed by atoms with Gasteiger partial charge in [-0.05, 0) is 12.1 Å². The number of hydrogen-bond acceptors (Lipinski definition) is 2. The maximum absolute atomic E-state index is 10.4. The normalized spacial score (nSPS) is 8.83. The van der Waals surface area contributed by atoms with Gasteiger partial charge >= 0.3 is 5.97 Å². The minimum atomic E-state index is -1.11. The van der Waals surface area contributed by atoms with Crippen LogP contribution in [0.2, 0.25) is 10.3 Å². The van der Waals surface area contributed by atoms with Crippen LogP contribution in [-0.2, 0) is 0 Å². The Bertz CT molecular complexity index is 303. The third-order valence-corrected chi connectivity index (χ3v) is 1.54. The molecule has 0 bridgehead atoms. The van der Waals surface area contributed by atoms with Crippen molar-refractivity contribution in [2.45, 2.75) is 0 Å². The highest BCUT2D eigenvalue weighted by Gasteiger charge is 2.08. The highest BCUT2D eigenvalue weighted by molar-refractivity contribution is 6.34. The van der Waals surface area contributed by atoms with Crippen LogP contribution >= 0.6 is 35.6 Å². The molecule has 0 aliphatic carbocycles. The zero-order valence-corrected chi connectivity index (χ0v) is 7.95. The van der Waals surface area contributed by atoms with E-state index in [4.69, 9.17) is 28.3 Å². The van der Waals surface area contributed by atoms with Crippen molar-refractivity contribution in [2.75, 3.05) is 0 Å². The van der Waals surface area contributed by atoms with Gasteiger partial charge in [-0.2, -0.15) is 0 Å². The predicted molar refractivity (Wildman–Crippen MR) is 48.5 cm³/mol. The number of rotatable bonds is 1. The lowest BCUT2D eigenvalue weighted by molar-refractivity contribution is 0.0696. The molecule has 6 heteroatoms. The van der Waals surface area contributed by atoms with Gasteiger partial charge in [0.05, 0.1) is 5.56 Å². The van der Waals surface area contributed by atoms with Crippen LogP contribution in [0.3, 0.4) is 0 Å². The summed E-state index contributed by atoms with van der Waals surface area (Å²) in [4.78, 5) is 13.9. The summed E-state index contributed by atoms with van der Waals surface area (Å²) in [7, 11) is 0. The number of aromatic nitrogens is 1. The van der Waals surface area contributed by atoms with Crippen LogP contribution in [0.5, 0.6) is 0 Å². The largest absolute Gasteiger partial charge is 0.478 e. The molecule has 0 amide bonds. The lowest BCUT2D eigenvalue weighted by Crippen LogP contribution is -1.98. The van der Waals surface area contributed by atoms with Crippen LogP contribution in [0.25, 0.3) is 0 Å². The van der Waals surface area contributed by atoms with Gasteiger partial charge in [0.2, 0.25) is 0 Å². The van der Waals surface area contributed by atoms with Crippen LogP contribution in [0.1, 0.15) is 10.4 Å². The Hall–Kier alpha value is -0.510. The molecule has 1 N–H and O–H groups in total. The summed E-state index contributed by atoms with van der Waals surface area (Å²) in [6, 6.07) is 2.68. The van der Waals surface area contributed by atoms with Gasteiger partial charge in [0.15, 0.2) is 0 Å². The number of carboxylic acids is 1. The van der Waals surface area contributed by atoms with E-state index in [2.05, 4.69) is 4.98 Å². The summed E-state index contributed by atoms with van der Waals surface area (Å²) in [6.45, 7) is 0. The van der Waals surface area contributed by atoms with Gasteiger partial charge in [0, 0.05) is 0 Å². The lowest BCUT2D eigenvalue weighted by Gasteiger charge is -1.95. The second-order valence-corrected chi connectivity index (χ2v) is 2.52. The first-order valence-corrected chi connectivity index (χ1v) is 3.42. The molecule has 3 nitrogen and oxygen atoms in total. The summed E-state index contributed by atoms with van der Waals surface area (Å²) in [5.74, 6) is -1.11. The van der Waals surface area contributed by atoms with E-state index in [1.54, 1.807) is 0 Å². The van der Waals surface area contributed by atoms with Crippen molar-refractivity contribution >= 4 is 41.6 Å². The van der Waals surface area contributed by atoms with Crippen molar-refractivity contribution in [2.24, 2.45) is 0 Å². The fourth-order valence-electron chi connectivity index (χ4n) is 0.572. The highest BCUT2D eigenvalue weighted by Crippen LogP contribution is 2.15. The molecule has 1 rings (SSSR count). The van der Waals surface area contributed by atoms with E-state index >= 15 is 0 Å². The molecule has 0 unspecified atom stereocenters. The van der Waals surface area contributed by atoms with Gasteiger partial charge in [-0.15, -0.1) is 12.4 Å². The second kappa shape index (κ2) is 4.50. The SMILES string of the molecule is Cl.O=C(O)c1ccc(Cl)nc1Cl. The standard InChI is InChI=1S/C6H3Cl2NO2.ClH/c7-4-2-1-3(6(10)11)5(8)9-4;/h1-2H,(H,10,11);1H. The van der Waals surface area contributed by atoms with E-state index in [1.165, 1.54) is 12.1 Å². The molecule has 0 aromatic carbocycles. The van der Waals surface area contributed by atoms with Crippen molar-refractivity contribution in [3.63, 3.8) is 0 Å². The predicted octanol–water partition coefficient (Wildman–Crippen LogP) is 2.51. The number of halogens is 3. The molecular formula is C6H4Cl3NO2. The molecule has 0 aliphatic heterocycles. The average Bonchev–Trinajstić information content (AvgIpc) is 1.85. The van der Waals surface area contributed by atoms with Gasteiger partial charge in [0.1, 0.15) is 10.3 Å². The first-order chi connectivity index (χ1) is 5.11. The molecule has 0 atom stereocenters. The number of aromatic carboxylic acids is 1. The third-order valence-electron chi connectivity index (χ3n) is 1.05. The molecule has 0 spiro atoms. The smallest absolute Gasteiger partial charge is 0.338 e.